The molecule has 4 rings (SSSR count). The Morgan fingerprint density at radius 1 is 0.895 bits per heavy atom. The lowest BCUT2D eigenvalue weighted by Crippen LogP contribution is -1.92. The molecule has 3 nitrogen and oxygen atoms in total. The SMILES string of the molecule is O=C1N=Nc2cc(Cl)c3cc4ccccc4cc3c21. The lowest BCUT2D eigenvalue weighted by molar-refractivity contribution is 0.100. The van der Waals surface area contributed by atoms with E-state index in [4.69, 9.17) is 11.6 Å². The van der Waals surface area contributed by atoms with Gasteiger partial charge in [0.15, 0.2) is 0 Å². The van der Waals surface area contributed by atoms with Crippen molar-refractivity contribution in [3.63, 3.8) is 0 Å². The van der Waals surface area contributed by atoms with Crippen molar-refractivity contribution in [2.45, 2.75) is 0 Å². The molecule has 0 radical (unpaired) electrons. The fourth-order valence-electron chi connectivity index (χ4n) is 2.51. The van der Waals surface area contributed by atoms with E-state index in [0.29, 0.717) is 16.3 Å². The third-order valence-electron chi connectivity index (χ3n) is 3.39. The molecule has 0 unspecified atom stereocenters. The van der Waals surface area contributed by atoms with E-state index in [9.17, 15) is 4.79 Å². The first kappa shape index (κ1) is 10.6. The van der Waals surface area contributed by atoms with Crippen molar-refractivity contribution in [3.05, 3.63) is 53.1 Å². The van der Waals surface area contributed by atoms with Crippen LogP contribution in [-0.2, 0) is 0 Å². The average molecular weight is 267 g/mol. The van der Waals surface area contributed by atoms with E-state index in [0.717, 1.165) is 21.5 Å². The number of hydrogen-bond acceptors (Lipinski definition) is 2. The summed E-state index contributed by atoms with van der Waals surface area (Å²) < 4.78 is 0. The molecule has 0 saturated carbocycles. The summed E-state index contributed by atoms with van der Waals surface area (Å²) in [7, 11) is 0. The number of carbonyl (C=O) groups is 1. The Labute approximate surface area is 113 Å². The number of amides is 1. The largest absolute Gasteiger partial charge is 0.298 e. The Bertz CT molecular complexity index is 899. The van der Waals surface area contributed by atoms with Crippen LogP contribution in [0.4, 0.5) is 5.69 Å². The molecule has 1 amide bonds. The first-order valence-corrected chi connectivity index (χ1v) is 6.23. The van der Waals surface area contributed by atoms with Gasteiger partial charge >= 0.3 is 0 Å². The second-order valence-electron chi connectivity index (χ2n) is 4.50. The molecule has 0 N–H and O–H groups in total. The highest BCUT2D eigenvalue weighted by atomic mass is 35.5. The van der Waals surface area contributed by atoms with Crippen LogP contribution in [0, 0.1) is 0 Å². The van der Waals surface area contributed by atoms with Crippen LogP contribution < -0.4 is 0 Å². The predicted octanol–water partition coefficient (Wildman–Crippen LogP) is 4.88. The van der Waals surface area contributed by atoms with Gasteiger partial charge in [0.05, 0.1) is 10.6 Å². The first-order valence-electron chi connectivity index (χ1n) is 5.85. The molecule has 1 aliphatic rings. The summed E-state index contributed by atoms with van der Waals surface area (Å²) in [5.74, 6) is -0.299. The van der Waals surface area contributed by atoms with Gasteiger partial charge in [-0.2, -0.15) is 0 Å². The zero-order chi connectivity index (χ0) is 13.0. The minimum atomic E-state index is -0.299. The topological polar surface area (TPSA) is 41.8 Å². The number of nitrogens with zero attached hydrogens (tertiary/aromatic N) is 2. The fraction of sp³-hybridized carbons (Fsp3) is 0. The molecular weight excluding hydrogens is 260 g/mol. The van der Waals surface area contributed by atoms with Gasteiger partial charge in [0.25, 0.3) is 5.91 Å². The highest BCUT2D eigenvalue weighted by Crippen LogP contribution is 2.39. The molecule has 0 aromatic heterocycles. The van der Waals surface area contributed by atoms with Crippen molar-refractivity contribution in [3.8, 4) is 0 Å². The smallest absolute Gasteiger partial charge is 0.265 e. The number of halogens is 1. The number of rotatable bonds is 0. The molecule has 4 heteroatoms. The van der Waals surface area contributed by atoms with E-state index in [1.807, 2.05) is 36.4 Å². The molecule has 0 spiro atoms. The van der Waals surface area contributed by atoms with Gasteiger partial charge in [-0.05, 0) is 34.4 Å². The van der Waals surface area contributed by atoms with Crippen molar-refractivity contribution < 1.29 is 4.79 Å². The van der Waals surface area contributed by atoms with Crippen molar-refractivity contribution >= 4 is 44.7 Å². The first-order chi connectivity index (χ1) is 9.24. The summed E-state index contributed by atoms with van der Waals surface area (Å²) in [5.41, 5.74) is 1.10. The maximum absolute atomic E-state index is 11.8. The summed E-state index contributed by atoms with van der Waals surface area (Å²) in [6.45, 7) is 0. The Balaban J connectivity index is 2.24. The molecule has 0 saturated heterocycles. The highest BCUT2D eigenvalue weighted by molar-refractivity contribution is 6.37. The van der Waals surface area contributed by atoms with E-state index in [1.165, 1.54) is 0 Å². The van der Waals surface area contributed by atoms with Crippen LogP contribution in [0.3, 0.4) is 0 Å². The van der Waals surface area contributed by atoms with Crippen LogP contribution in [0.15, 0.2) is 52.7 Å². The minimum absolute atomic E-state index is 0.299. The van der Waals surface area contributed by atoms with E-state index in [-0.39, 0.29) is 5.91 Å². The summed E-state index contributed by atoms with van der Waals surface area (Å²) >= 11 is 6.28. The molecule has 0 bridgehead atoms. The van der Waals surface area contributed by atoms with Gasteiger partial charge in [-0.25, -0.2) is 0 Å². The molecule has 1 aliphatic heterocycles. The monoisotopic (exact) mass is 266 g/mol. The number of hydrogen-bond donors (Lipinski definition) is 0. The van der Waals surface area contributed by atoms with Gasteiger partial charge in [-0.15, -0.1) is 10.2 Å². The zero-order valence-corrected chi connectivity index (χ0v) is 10.5. The predicted molar refractivity (Wildman–Crippen MR) is 75.3 cm³/mol. The standard InChI is InChI=1S/C15H7ClN2O/c16-12-7-13-14(15(19)18-17-13)11-6-9-4-2-1-3-8(9)5-10(11)12/h1-7H. The van der Waals surface area contributed by atoms with Crippen molar-refractivity contribution in [2.75, 3.05) is 0 Å². The number of benzene rings is 3. The summed E-state index contributed by atoms with van der Waals surface area (Å²) in [5, 5.41) is 11.9. The molecule has 0 aliphatic carbocycles. The highest BCUT2D eigenvalue weighted by Gasteiger charge is 2.22. The number of azo groups is 1. The summed E-state index contributed by atoms with van der Waals surface area (Å²) in [4.78, 5) is 11.8. The van der Waals surface area contributed by atoms with Gasteiger partial charge in [-0.1, -0.05) is 35.9 Å². The van der Waals surface area contributed by atoms with Crippen LogP contribution in [0.2, 0.25) is 5.02 Å². The van der Waals surface area contributed by atoms with Crippen LogP contribution in [0.1, 0.15) is 10.4 Å². The van der Waals surface area contributed by atoms with Gasteiger partial charge in [0.2, 0.25) is 0 Å². The Morgan fingerprint density at radius 2 is 1.58 bits per heavy atom. The lowest BCUT2D eigenvalue weighted by atomic mass is 9.98. The van der Waals surface area contributed by atoms with E-state index >= 15 is 0 Å². The van der Waals surface area contributed by atoms with Gasteiger partial charge in [0, 0.05) is 5.39 Å². The molecule has 3 aromatic rings. The molecule has 3 aromatic carbocycles. The summed E-state index contributed by atoms with van der Waals surface area (Å²) in [6, 6.07) is 13.6. The van der Waals surface area contributed by atoms with E-state index < -0.39 is 0 Å². The fourth-order valence-corrected chi connectivity index (χ4v) is 2.77. The minimum Gasteiger partial charge on any atom is -0.265 e. The van der Waals surface area contributed by atoms with Crippen LogP contribution in [-0.4, -0.2) is 5.91 Å². The quantitative estimate of drug-likeness (QED) is 0.535. The molecule has 1 heterocycles. The van der Waals surface area contributed by atoms with Crippen LogP contribution in [0.25, 0.3) is 21.5 Å². The van der Waals surface area contributed by atoms with E-state index in [2.05, 4.69) is 10.2 Å². The number of fused-ring (bicyclic) bond motifs is 4. The van der Waals surface area contributed by atoms with Crippen LogP contribution >= 0.6 is 11.6 Å². The zero-order valence-electron chi connectivity index (χ0n) is 9.72. The maximum atomic E-state index is 11.8. The molecule has 19 heavy (non-hydrogen) atoms. The third-order valence-corrected chi connectivity index (χ3v) is 3.71. The second-order valence-corrected chi connectivity index (χ2v) is 4.91. The lowest BCUT2D eigenvalue weighted by Gasteiger charge is -2.07. The van der Waals surface area contributed by atoms with Gasteiger partial charge in [0.1, 0.15) is 5.69 Å². The average Bonchev–Trinajstić information content (AvgIpc) is 2.79. The summed E-state index contributed by atoms with van der Waals surface area (Å²) in [6.07, 6.45) is 0. The van der Waals surface area contributed by atoms with Gasteiger partial charge < -0.3 is 0 Å². The molecule has 0 fully saturated rings. The molecular formula is C15H7ClN2O. The van der Waals surface area contributed by atoms with Crippen molar-refractivity contribution in [1.82, 2.24) is 0 Å². The van der Waals surface area contributed by atoms with Crippen molar-refractivity contribution in [2.24, 2.45) is 10.2 Å². The van der Waals surface area contributed by atoms with E-state index in [1.54, 1.807) is 6.07 Å². The Morgan fingerprint density at radius 3 is 2.32 bits per heavy atom. The van der Waals surface area contributed by atoms with Crippen LogP contribution in [0.5, 0.6) is 0 Å². The molecule has 0 atom stereocenters. The third kappa shape index (κ3) is 1.42. The normalized spacial score (nSPS) is 13.4. The second kappa shape index (κ2) is 3.62. The Hall–Kier alpha value is -2.26. The molecule has 90 valence electrons. The van der Waals surface area contributed by atoms with Crippen molar-refractivity contribution in [1.29, 1.82) is 0 Å². The number of carbonyl (C=O) groups excluding carboxylic acids is 1. The maximum Gasteiger partial charge on any atom is 0.298 e. The Kier molecular flexibility index (Phi) is 2.03. The van der Waals surface area contributed by atoms with Gasteiger partial charge in [-0.3, -0.25) is 4.79 Å².